The van der Waals surface area contributed by atoms with Gasteiger partial charge >= 0.3 is 0 Å². The lowest BCUT2D eigenvalue weighted by Gasteiger charge is -2.21. The first-order chi connectivity index (χ1) is 11.3. The van der Waals surface area contributed by atoms with E-state index in [2.05, 4.69) is 10.2 Å². The summed E-state index contributed by atoms with van der Waals surface area (Å²) in [7, 11) is -3.83. The molecule has 2 aromatic carbocycles. The first-order valence-corrected chi connectivity index (χ1v) is 9.26. The number of hydroxylamine groups is 1. The van der Waals surface area contributed by atoms with Gasteiger partial charge in [-0.25, -0.2) is 13.9 Å². The number of rotatable bonds is 7. The number of hydrogen-bond acceptors (Lipinski definition) is 4. The van der Waals surface area contributed by atoms with Gasteiger partial charge in [0.2, 0.25) is 10.0 Å². The highest BCUT2D eigenvalue weighted by atomic mass is 32.2. The lowest BCUT2D eigenvalue weighted by atomic mass is 10.1. The third-order valence-corrected chi connectivity index (χ3v) is 5.02. The van der Waals surface area contributed by atoms with Crippen molar-refractivity contribution in [1.82, 2.24) is 10.2 Å². The van der Waals surface area contributed by atoms with Crippen LogP contribution in [0.2, 0.25) is 0 Å². The summed E-state index contributed by atoms with van der Waals surface area (Å²) in [6, 6.07) is 11.4. The average Bonchev–Trinajstić information content (AvgIpc) is 2.56. The SMILES string of the molecule is CCONC(=O)[C@@H](NS(=O)(=O)c1ccc2ccccc2c1)C(C)C. The van der Waals surface area contributed by atoms with Crippen molar-refractivity contribution in [3.8, 4) is 0 Å². The molecule has 2 N–H and O–H groups in total. The van der Waals surface area contributed by atoms with Gasteiger partial charge in [-0.15, -0.1) is 0 Å². The van der Waals surface area contributed by atoms with Gasteiger partial charge in [0.25, 0.3) is 5.91 Å². The van der Waals surface area contributed by atoms with Gasteiger partial charge in [-0.05, 0) is 35.7 Å². The molecule has 0 aliphatic rings. The molecule has 0 unspecified atom stereocenters. The van der Waals surface area contributed by atoms with Crippen LogP contribution in [-0.4, -0.2) is 27.0 Å². The molecule has 0 saturated carbocycles. The third-order valence-electron chi connectivity index (χ3n) is 3.58. The molecule has 0 aliphatic carbocycles. The van der Waals surface area contributed by atoms with Gasteiger partial charge in [-0.3, -0.25) is 9.63 Å². The maximum absolute atomic E-state index is 12.6. The van der Waals surface area contributed by atoms with Crippen molar-refractivity contribution in [2.24, 2.45) is 5.92 Å². The topological polar surface area (TPSA) is 84.5 Å². The highest BCUT2D eigenvalue weighted by Crippen LogP contribution is 2.19. The van der Waals surface area contributed by atoms with Crippen LogP contribution in [0.4, 0.5) is 0 Å². The Balaban J connectivity index is 2.28. The lowest BCUT2D eigenvalue weighted by Crippen LogP contribution is -2.49. The van der Waals surface area contributed by atoms with E-state index in [-0.39, 0.29) is 10.8 Å². The largest absolute Gasteiger partial charge is 0.274 e. The molecular weight excluding hydrogens is 328 g/mol. The Morgan fingerprint density at radius 2 is 1.79 bits per heavy atom. The van der Waals surface area contributed by atoms with Crippen molar-refractivity contribution >= 4 is 26.7 Å². The number of carbonyl (C=O) groups is 1. The number of sulfonamides is 1. The second kappa shape index (κ2) is 7.74. The summed E-state index contributed by atoms with van der Waals surface area (Å²) in [5, 5.41) is 1.77. The molecule has 2 aromatic rings. The van der Waals surface area contributed by atoms with E-state index in [1.165, 1.54) is 6.07 Å². The van der Waals surface area contributed by atoms with E-state index in [0.29, 0.717) is 6.61 Å². The number of benzene rings is 2. The molecule has 0 aliphatic heterocycles. The van der Waals surface area contributed by atoms with Gasteiger partial charge in [0.05, 0.1) is 11.5 Å². The Morgan fingerprint density at radius 3 is 2.42 bits per heavy atom. The summed E-state index contributed by atoms with van der Waals surface area (Å²) >= 11 is 0. The molecule has 24 heavy (non-hydrogen) atoms. The van der Waals surface area contributed by atoms with Crippen molar-refractivity contribution in [3.05, 3.63) is 42.5 Å². The van der Waals surface area contributed by atoms with Gasteiger partial charge in [-0.1, -0.05) is 44.2 Å². The molecule has 0 fully saturated rings. The average molecular weight is 350 g/mol. The van der Waals surface area contributed by atoms with Crippen LogP contribution in [0.1, 0.15) is 20.8 Å². The highest BCUT2D eigenvalue weighted by molar-refractivity contribution is 7.89. The first kappa shape index (κ1) is 18.4. The minimum atomic E-state index is -3.83. The van der Waals surface area contributed by atoms with E-state index in [9.17, 15) is 13.2 Å². The molecule has 0 radical (unpaired) electrons. The van der Waals surface area contributed by atoms with Crippen molar-refractivity contribution in [2.75, 3.05) is 6.61 Å². The number of nitrogens with one attached hydrogen (secondary N) is 2. The predicted molar refractivity (Wildman–Crippen MR) is 92.7 cm³/mol. The van der Waals surface area contributed by atoms with Crippen LogP contribution in [-0.2, 0) is 19.7 Å². The first-order valence-electron chi connectivity index (χ1n) is 7.78. The molecule has 0 saturated heterocycles. The summed E-state index contributed by atoms with van der Waals surface area (Å²) in [4.78, 5) is 17.1. The number of carbonyl (C=O) groups excluding carboxylic acids is 1. The third kappa shape index (κ3) is 4.31. The quantitative estimate of drug-likeness (QED) is 0.750. The Bertz CT molecular complexity index is 818. The fourth-order valence-electron chi connectivity index (χ4n) is 2.27. The number of fused-ring (bicyclic) bond motifs is 1. The Kier molecular flexibility index (Phi) is 5.93. The van der Waals surface area contributed by atoms with E-state index in [1.54, 1.807) is 32.9 Å². The summed E-state index contributed by atoms with van der Waals surface area (Å²) < 4.78 is 27.7. The fourth-order valence-corrected chi connectivity index (χ4v) is 3.65. The van der Waals surface area contributed by atoms with E-state index in [1.807, 2.05) is 24.3 Å². The van der Waals surface area contributed by atoms with Crippen LogP contribution in [0.3, 0.4) is 0 Å². The van der Waals surface area contributed by atoms with Crippen LogP contribution in [0.5, 0.6) is 0 Å². The van der Waals surface area contributed by atoms with Crippen molar-refractivity contribution < 1.29 is 18.0 Å². The summed E-state index contributed by atoms with van der Waals surface area (Å²) in [5.74, 6) is -0.753. The Hall–Kier alpha value is -1.96. The monoisotopic (exact) mass is 350 g/mol. The molecule has 7 heteroatoms. The van der Waals surface area contributed by atoms with Crippen LogP contribution in [0.25, 0.3) is 10.8 Å². The Labute approximate surface area is 142 Å². The zero-order valence-corrected chi connectivity index (χ0v) is 14.8. The molecule has 1 atom stereocenters. The Morgan fingerprint density at radius 1 is 1.12 bits per heavy atom. The standard InChI is InChI=1S/C17H22N2O4S/c1-4-23-18-17(20)16(12(2)3)19-24(21,22)15-10-9-13-7-5-6-8-14(13)11-15/h5-12,16,19H,4H2,1-3H3,(H,18,20)/t16-/m0/s1. The zero-order chi connectivity index (χ0) is 17.7. The fraction of sp³-hybridized carbons (Fsp3) is 0.353. The molecule has 0 heterocycles. The molecule has 0 bridgehead atoms. The van der Waals surface area contributed by atoms with E-state index in [0.717, 1.165) is 10.8 Å². The molecule has 0 spiro atoms. The van der Waals surface area contributed by atoms with Gasteiger partial charge in [-0.2, -0.15) is 4.72 Å². The number of hydrogen-bond donors (Lipinski definition) is 2. The molecule has 0 aromatic heterocycles. The van der Waals surface area contributed by atoms with E-state index >= 15 is 0 Å². The van der Waals surface area contributed by atoms with Crippen molar-refractivity contribution in [3.63, 3.8) is 0 Å². The van der Waals surface area contributed by atoms with Gasteiger partial charge in [0.1, 0.15) is 6.04 Å². The summed E-state index contributed by atoms with van der Waals surface area (Å²) in [5.41, 5.74) is 2.25. The van der Waals surface area contributed by atoms with Crippen molar-refractivity contribution in [1.29, 1.82) is 0 Å². The van der Waals surface area contributed by atoms with Crippen LogP contribution in [0, 0.1) is 5.92 Å². The van der Waals surface area contributed by atoms with Crippen molar-refractivity contribution in [2.45, 2.75) is 31.7 Å². The maximum atomic E-state index is 12.6. The molecule has 2 rings (SSSR count). The zero-order valence-electron chi connectivity index (χ0n) is 13.9. The molecular formula is C17H22N2O4S. The van der Waals surface area contributed by atoms with Crippen LogP contribution in [0.15, 0.2) is 47.4 Å². The smallest absolute Gasteiger partial charge is 0.261 e. The second-order valence-electron chi connectivity index (χ2n) is 5.75. The second-order valence-corrected chi connectivity index (χ2v) is 7.47. The molecule has 130 valence electrons. The van der Waals surface area contributed by atoms with Gasteiger partial charge in [0, 0.05) is 0 Å². The summed E-state index contributed by atoms with van der Waals surface area (Å²) in [6.45, 7) is 5.55. The minimum Gasteiger partial charge on any atom is -0.274 e. The van der Waals surface area contributed by atoms with Crippen LogP contribution >= 0.6 is 0 Å². The van der Waals surface area contributed by atoms with Gasteiger partial charge < -0.3 is 0 Å². The normalized spacial score (nSPS) is 13.2. The number of amides is 1. The lowest BCUT2D eigenvalue weighted by molar-refractivity contribution is -0.135. The van der Waals surface area contributed by atoms with Crippen LogP contribution < -0.4 is 10.2 Å². The van der Waals surface area contributed by atoms with E-state index in [4.69, 9.17) is 4.84 Å². The van der Waals surface area contributed by atoms with E-state index < -0.39 is 22.0 Å². The minimum absolute atomic E-state index is 0.121. The summed E-state index contributed by atoms with van der Waals surface area (Å²) in [6.07, 6.45) is 0. The van der Waals surface area contributed by atoms with Gasteiger partial charge in [0.15, 0.2) is 0 Å². The predicted octanol–water partition coefficient (Wildman–Crippen LogP) is 2.21. The maximum Gasteiger partial charge on any atom is 0.261 e. The molecule has 6 nitrogen and oxygen atoms in total. The molecule has 1 amide bonds. The highest BCUT2D eigenvalue weighted by Gasteiger charge is 2.28.